The fraction of sp³-hybridized carbons (Fsp3) is 0. The number of para-hydroxylation sites is 2. The molecule has 0 aliphatic rings. The van der Waals surface area contributed by atoms with Gasteiger partial charge < -0.3 is 0 Å². The van der Waals surface area contributed by atoms with Crippen molar-refractivity contribution in [1.82, 2.24) is 9.13 Å². The number of nitrogens with zero attached hydrogens (tertiary/aromatic N) is 2. The lowest BCUT2D eigenvalue weighted by atomic mass is 9.94. The lowest BCUT2D eigenvalue weighted by Crippen LogP contribution is -2.22. The van der Waals surface area contributed by atoms with Crippen LogP contribution in [-0.4, -0.2) is 9.13 Å². The van der Waals surface area contributed by atoms with Crippen molar-refractivity contribution >= 4 is 11.0 Å². The number of aromatic nitrogens is 2. The zero-order valence-corrected chi connectivity index (χ0v) is 25.1. The van der Waals surface area contributed by atoms with E-state index in [1.807, 2.05) is 60.7 Å². The van der Waals surface area contributed by atoms with E-state index in [4.69, 9.17) is 0 Å². The van der Waals surface area contributed by atoms with E-state index in [1.165, 1.54) is 22.3 Å². The average molecular weight is 591 g/mol. The van der Waals surface area contributed by atoms with E-state index in [0.717, 1.165) is 44.7 Å². The Morgan fingerprint density at radius 3 is 0.913 bits per heavy atom. The van der Waals surface area contributed by atoms with Gasteiger partial charge in [-0.15, -0.1) is 0 Å². The smallest absolute Gasteiger partial charge is 0.260 e. The van der Waals surface area contributed by atoms with Gasteiger partial charge in [0, 0.05) is 0 Å². The van der Waals surface area contributed by atoms with Crippen LogP contribution in [0.3, 0.4) is 0 Å². The van der Waals surface area contributed by atoms with Gasteiger partial charge >= 0.3 is 5.69 Å². The summed E-state index contributed by atoms with van der Waals surface area (Å²) in [5.41, 5.74) is 12.5. The zero-order valence-electron chi connectivity index (χ0n) is 25.1. The summed E-state index contributed by atoms with van der Waals surface area (Å²) in [6.45, 7) is 0. The van der Waals surface area contributed by atoms with Crippen LogP contribution in [0.2, 0.25) is 0 Å². The number of rotatable bonds is 6. The second-order valence-electron chi connectivity index (χ2n) is 11.4. The van der Waals surface area contributed by atoms with Gasteiger partial charge in [0.25, 0.3) is 0 Å². The van der Waals surface area contributed by atoms with E-state index < -0.39 is 0 Å². The highest BCUT2D eigenvalue weighted by Crippen LogP contribution is 2.34. The Labute approximate surface area is 267 Å². The Bertz CT molecular complexity index is 2180. The van der Waals surface area contributed by atoms with Crippen LogP contribution in [0.1, 0.15) is 0 Å². The van der Waals surface area contributed by atoms with E-state index in [0.29, 0.717) is 0 Å². The largest absolute Gasteiger partial charge is 0.338 e. The maximum Gasteiger partial charge on any atom is 0.338 e. The monoisotopic (exact) mass is 590 g/mol. The molecule has 8 aromatic rings. The molecule has 0 N–H and O–H groups in total. The third-order valence-electron chi connectivity index (χ3n) is 8.64. The van der Waals surface area contributed by atoms with E-state index in [2.05, 4.69) is 121 Å². The highest BCUT2D eigenvalue weighted by molar-refractivity contribution is 5.86. The highest BCUT2D eigenvalue weighted by atomic mass is 16.1. The van der Waals surface area contributed by atoms with Gasteiger partial charge in [-0.25, -0.2) is 4.79 Å². The van der Waals surface area contributed by atoms with Crippen LogP contribution in [0.25, 0.3) is 66.9 Å². The Balaban J connectivity index is 1.18. The molecule has 0 saturated heterocycles. The average Bonchev–Trinajstić information content (AvgIpc) is 3.44. The molecule has 3 heteroatoms. The molecule has 7 aromatic carbocycles. The van der Waals surface area contributed by atoms with Crippen LogP contribution >= 0.6 is 0 Å². The maximum atomic E-state index is 14.2. The van der Waals surface area contributed by atoms with Crippen molar-refractivity contribution < 1.29 is 0 Å². The van der Waals surface area contributed by atoms with Crippen LogP contribution in [0.4, 0.5) is 0 Å². The van der Waals surface area contributed by atoms with Crippen molar-refractivity contribution in [3.05, 3.63) is 192 Å². The number of imidazole rings is 1. The minimum Gasteiger partial charge on any atom is -0.260 e. The Kier molecular flexibility index (Phi) is 6.97. The standard InChI is InChI=1S/C43H30N2O/c46-43-44(35-27-23-33(24-28-35)39-19-9-7-17-37(39)31-13-3-1-4-14-31)41-21-11-12-22-42(41)45(43)36-29-25-34(26-30-36)40-20-10-8-18-38(40)32-15-5-2-6-16-32/h1-30H. The van der Waals surface area contributed by atoms with Crippen LogP contribution in [0.15, 0.2) is 187 Å². The third-order valence-corrected chi connectivity index (χ3v) is 8.64. The van der Waals surface area contributed by atoms with Crippen molar-refractivity contribution in [3.8, 4) is 55.9 Å². The molecule has 0 fully saturated rings. The lowest BCUT2D eigenvalue weighted by molar-refractivity contribution is 0.931. The van der Waals surface area contributed by atoms with E-state index in [9.17, 15) is 4.79 Å². The van der Waals surface area contributed by atoms with Crippen molar-refractivity contribution in [1.29, 1.82) is 0 Å². The fourth-order valence-electron chi connectivity index (χ4n) is 6.44. The first-order valence-electron chi connectivity index (χ1n) is 15.5. The minimum absolute atomic E-state index is 0.101. The molecule has 0 atom stereocenters. The van der Waals surface area contributed by atoms with Gasteiger partial charge in [-0.1, -0.05) is 146 Å². The Morgan fingerprint density at radius 1 is 0.283 bits per heavy atom. The molecule has 218 valence electrons. The second kappa shape index (κ2) is 11.7. The molecule has 0 unspecified atom stereocenters. The molecule has 3 nitrogen and oxygen atoms in total. The molecule has 46 heavy (non-hydrogen) atoms. The number of fused-ring (bicyclic) bond motifs is 1. The molecular weight excluding hydrogens is 560 g/mol. The predicted molar refractivity (Wildman–Crippen MR) is 191 cm³/mol. The SMILES string of the molecule is O=c1n(-c2ccc(-c3ccccc3-c3ccccc3)cc2)c2ccccc2n1-c1ccc(-c2ccccc2-c2ccccc2)cc1. The van der Waals surface area contributed by atoms with Crippen LogP contribution in [0.5, 0.6) is 0 Å². The summed E-state index contributed by atoms with van der Waals surface area (Å²) in [7, 11) is 0. The first-order valence-corrected chi connectivity index (χ1v) is 15.5. The first kappa shape index (κ1) is 27.4. The van der Waals surface area contributed by atoms with Gasteiger partial charge in [0.1, 0.15) is 0 Å². The Hall–Kier alpha value is -6.19. The molecular formula is C43H30N2O. The third kappa shape index (κ3) is 4.85. The first-order chi connectivity index (χ1) is 22.8. The Morgan fingerprint density at radius 2 is 0.565 bits per heavy atom. The summed E-state index contributed by atoms with van der Waals surface area (Å²) in [5.74, 6) is 0. The van der Waals surface area contributed by atoms with E-state index >= 15 is 0 Å². The summed E-state index contributed by atoms with van der Waals surface area (Å²) in [6.07, 6.45) is 0. The lowest BCUT2D eigenvalue weighted by Gasteiger charge is -2.11. The predicted octanol–water partition coefficient (Wildman–Crippen LogP) is 10.4. The molecule has 8 rings (SSSR count). The second-order valence-corrected chi connectivity index (χ2v) is 11.4. The van der Waals surface area contributed by atoms with Gasteiger partial charge in [0.15, 0.2) is 0 Å². The van der Waals surface area contributed by atoms with E-state index in [-0.39, 0.29) is 5.69 Å². The molecule has 0 radical (unpaired) electrons. The topological polar surface area (TPSA) is 26.9 Å². The maximum absolute atomic E-state index is 14.2. The summed E-state index contributed by atoms with van der Waals surface area (Å²) < 4.78 is 3.61. The summed E-state index contributed by atoms with van der Waals surface area (Å²) >= 11 is 0. The summed E-state index contributed by atoms with van der Waals surface area (Å²) in [4.78, 5) is 14.2. The van der Waals surface area contributed by atoms with Crippen molar-refractivity contribution in [2.24, 2.45) is 0 Å². The van der Waals surface area contributed by atoms with Crippen LogP contribution < -0.4 is 5.69 Å². The van der Waals surface area contributed by atoms with Crippen molar-refractivity contribution in [2.75, 3.05) is 0 Å². The van der Waals surface area contributed by atoms with Crippen molar-refractivity contribution in [2.45, 2.75) is 0 Å². The molecule has 1 aromatic heterocycles. The fourth-order valence-corrected chi connectivity index (χ4v) is 6.44. The van der Waals surface area contributed by atoms with Crippen LogP contribution in [-0.2, 0) is 0 Å². The molecule has 0 spiro atoms. The minimum atomic E-state index is -0.101. The van der Waals surface area contributed by atoms with E-state index in [1.54, 1.807) is 9.13 Å². The zero-order chi connectivity index (χ0) is 30.9. The summed E-state index contributed by atoms with van der Waals surface area (Å²) in [6, 6.07) is 62.3. The normalized spacial score (nSPS) is 11.1. The van der Waals surface area contributed by atoms with Gasteiger partial charge in [0.2, 0.25) is 0 Å². The molecule has 0 aliphatic carbocycles. The van der Waals surface area contributed by atoms with Crippen LogP contribution in [0, 0.1) is 0 Å². The van der Waals surface area contributed by atoms with Crippen molar-refractivity contribution in [3.63, 3.8) is 0 Å². The molecule has 0 amide bonds. The number of benzene rings is 7. The van der Waals surface area contributed by atoms with Gasteiger partial charge in [0.05, 0.1) is 22.4 Å². The molecule has 0 saturated carbocycles. The molecule has 0 aliphatic heterocycles. The van der Waals surface area contributed by atoms with Gasteiger partial charge in [-0.3, -0.25) is 9.13 Å². The highest BCUT2D eigenvalue weighted by Gasteiger charge is 2.17. The quantitative estimate of drug-likeness (QED) is 0.189. The number of hydrogen-bond donors (Lipinski definition) is 0. The van der Waals surface area contributed by atoms with Gasteiger partial charge in [-0.05, 0) is 80.9 Å². The number of hydrogen-bond acceptors (Lipinski definition) is 1. The molecule has 1 heterocycles. The summed E-state index contributed by atoms with van der Waals surface area (Å²) in [5, 5.41) is 0. The molecule has 0 bridgehead atoms. The van der Waals surface area contributed by atoms with Gasteiger partial charge in [-0.2, -0.15) is 0 Å².